The molecule has 0 radical (unpaired) electrons. The summed E-state index contributed by atoms with van der Waals surface area (Å²) in [4.78, 5) is 4.46. The topological polar surface area (TPSA) is 115 Å². The second-order valence-electron chi connectivity index (χ2n) is 10.7. The first-order valence-corrected chi connectivity index (χ1v) is 18.2. The Kier molecular flexibility index (Phi) is 7.96. The van der Waals surface area contributed by atoms with Gasteiger partial charge in [0.1, 0.15) is 0 Å². The molecule has 0 bridgehead atoms. The molecule has 0 saturated heterocycles. The van der Waals surface area contributed by atoms with Crippen molar-refractivity contribution in [3.8, 4) is 11.1 Å². The van der Waals surface area contributed by atoms with Crippen molar-refractivity contribution < 1.29 is 29.6 Å². The van der Waals surface area contributed by atoms with Gasteiger partial charge >= 0.3 is 0 Å². The number of hydrogen-bond donors (Lipinski definition) is 0. The zero-order chi connectivity index (χ0) is 30.4. The van der Waals surface area contributed by atoms with Gasteiger partial charge in [-0.3, -0.25) is 4.98 Å². The Morgan fingerprint density at radius 2 is 1.46 bits per heavy atom. The van der Waals surface area contributed by atoms with Crippen molar-refractivity contribution in [2.45, 2.75) is 41.8 Å². The van der Waals surface area contributed by atoms with E-state index in [0.717, 1.165) is 11.6 Å². The summed E-state index contributed by atoms with van der Waals surface area (Å²) < 4.78 is 90.8. The SMILES string of the molecule is CCS(=O)(=O)C(F)(Cc1cccc(-c2cc(C(C)(C)S(C)(=O)=O)cc3cccnc23)c1)c1ccc(S(C)(=O)=O)cc1. The number of nitrogens with zero attached hydrogens (tertiary/aromatic N) is 1. The van der Waals surface area contributed by atoms with E-state index in [1.165, 1.54) is 37.4 Å². The molecule has 0 saturated carbocycles. The molecular weight excluding hydrogens is 586 g/mol. The Balaban J connectivity index is 1.87. The predicted molar refractivity (Wildman–Crippen MR) is 161 cm³/mol. The summed E-state index contributed by atoms with van der Waals surface area (Å²) in [7, 11) is -11.4. The molecule has 1 unspecified atom stereocenters. The van der Waals surface area contributed by atoms with Gasteiger partial charge in [-0.25, -0.2) is 29.6 Å². The minimum absolute atomic E-state index is 0.0456. The molecule has 3 aromatic carbocycles. The molecule has 11 heteroatoms. The first-order chi connectivity index (χ1) is 18.9. The molecule has 1 atom stereocenters. The average molecular weight is 618 g/mol. The molecule has 0 aliphatic rings. The summed E-state index contributed by atoms with van der Waals surface area (Å²) in [6.45, 7) is 4.61. The van der Waals surface area contributed by atoms with Crippen LogP contribution >= 0.6 is 0 Å². The zero-order valence-electron chi connectivity index (χ0n) is 23.4. The van der Waals surface area contributed by atoms with Crippen molar-refractivity contribution >= 4 is 40.4 Å². The second kappa shape index (κ2) is 10.6. The fraction of sp³-hybridized carbons (Fsp3) is 0.300. The third-order valence-electron chi connectivity index (χ3n) is 7.58. The average Bonchev–Trinajstić information content (AvgIpc) is 2.91. The van der Waals surface area contributed by atoms with Gasteiger partial charge < -0.3 is 0 Å². The number of fused-ring (bicyclic) bond motifs is 1. The number of halogens is 1. The van der Waals surface area contributed by atoms with Gasteiger partial charge in [-0.15, -0.1) is 0 Å². The maximum atomic E-state index is 16.7. The number of sulfone groups is 3. The summed E-state index contributed by atoms with van der Waals surface area (Å²) in [5, 5.41) is -2.10. The smallest absolute Gasteiger partial charge is 0.239 e. The first kappa shape index (κ1) is 30.8. The molecular formula is C30H32FNO6S3. The molecule has 4 rings (SSSR count). The normalized spacial score (nSPS) is 14.6. The minimum atomic E-state index is -4.31. The highest BCUT2D eigenvalue weighted by Gasteiger charge is 2.45. The third kappa shape index (κ3) is 5.80. The van der Waals surface area contributed by atoms with E-state index >= 15 is 4.39 Å². The quantitative estimate of drug-likeness (QED) is 0.248. The minimum Gasteiger partial charge on any atom is -0.256 e. The molecule has 0 amide bonds. The van der Waals surface area contributed by atoms with Gasteiger partial charge in [0, 0.05) is 41.6 Å². The highest BCUT2D eigenvalue weighted by Crippen LogP contribution is 2.40. The Morgan fingerprint density at radius 1 is 0.805 bits per heavy atom. The van der Waals surface area contributed by atoms with Crippen LogP contribution in [0.1, 0.15) is 37.5 Å². The number of rotatable bonds is 9. The highest BCUT2D eigenvalue weighted by atomic mass is 32.2. The highest BCUT2D eigenvalue weighted by molar-refractivity contribution is 7.92. The summed E-state index contributed by atoms with van der Waals surface area (Å²) in [5.41, 5.74) is 2.62. The van der Waals surface area contributed by atoms with Crippen LogP contribution in [0.4, 0.5) is 4.39 Å². The summed E-state index contributed by atoms with van der Waals surface area (Å²) >= 11 is 0. The lowest BCUT2D eigenvalue weighted by Gasteiger charge is -2.26. The molecule has 0 spiro atoms. The molecule has 0 aliphatic heterocycles. The van der Waals surface area contributed by atoms with Crippen LogP contribution in [0.3, 0.4) is 0 Å². The summed E-state index contributed by atoms with van der Waals surface area (Å²) in [5.74, 6) is -0.464. The van der Waals surface area contributed by atoms with Gasteiger partial charge in [0.2, 0.25) is 5.00 Å². The van der Waals surface area contributed by atoms with Gasteiger partial charge in [0.15, 0.2) is 29.5 Å². The van der Waals surface area contributed by atoms with E-state index < -0.39 is 51.4 Å². The molecule has 41 heavy (non-hydrogen) atoms. The maximum absolute atomic E-state index is 16.7. The monoisotopic (exact) mass is 617 g/mol. The Hall–Kier alpha value is -3.15. The van der Waals surface area contributed by atoms with Crippen LogP contribution in [0.5, 0.6) is 0 Å². The summed E-state index contributed by atoms with van der Waals surface area (Å²) in [6, 6.07) is 18.7. The van der Waals surface area contributed by atoms with E-state index in [0.29, 0.717) is 27.8 Å². The molecule has 0 fully saturated rings. The maximum Gasteiger partial charge on any atom is 0.239 e. The van der Waals surface area contributed by atoms with E-state index in [1.54, 1.807) is 62.5 Å². The van der Waals surface area contributed by atoms with Crippen LogP contribution in [0, 0.1) is 0 Å². The van der Waals surface area contributed by atoms with E-state index in [-0.39, 0.29) is 10.5 Å². The molecule has 0 N–H and O–H groups in total. The number of aromatic nitrogens is 1. The third-order valence-corrected chi connectivity index (χ3v) is 12.9. The number of pyridine rings is 1. The standard InChI is InChI=1S/C30H32FNO6S3/c1-6-41(37,38)30(31,24-12-14-26(15-13-24)39(4,33)34)20-21-9-7-10-22(17-21)27-19-25(29(2,3)40(5,35)36)18-23-11-8-16-32-28(23)27/h7-19H,6,20H2,1-5H3. The van der Waals surface area contributed by atoms with E-state index in [2.05, 4.69) is 4.98 Å². The van der Waals surface area contributed by atoms with Crippen molar-refractivity contribution in [3.63, 3.8) is 0 Å². The first-order valence-electron chi connectivity index (χ1n) is 12.8. The van der Waals surface area contributed by atoms with Gasteiger partial charge in [-0.2, -0.15) is 0 Å². The lowest BCUT2D eigenvalue weighted by molar-refractivity contribution is 0.270. The van der Waals surface area contributed by atoms with Crippen molar-refractivity contribution in [3.05, 3.63) is 95.7 Å². The molecule has 7 nitrogen and oxygen atoms in total. The Labute approximate surface area is 241 Å². The lowest BCUT2D eigenvalue weighted by Crippen LogP contribution is -2.35. The van der Waals surface area contributed by atoms with E-state index in [1.807, 2.05) is 6.07 Å². The zero-order valence-corrected chi connectivity index (χ0v) is 25.9. The van der Waals surface area contributed by atoms with Crippen molar-refractivity contribution in [1.29, 1.82) is 0 Å². The fourth-order valence-electron chi connectivity index (χ4n) is 4.66. The second-order valence-corrected chi connectivity index (χ2v) is 17.7. The molecule has 0 aliphatic carbocycles. The van der Waals surface area contributed by atoms with Crippen LogP contribution < -0.4 is 0 Å². The fourth-order valence-corrected chi connectivity index (χ4v) is 7.17. The largest absolute Gasteiger partial charge is 0.256 e. The summed E-state index contributed by atoms with van der Waals surface area (Å²) in [6.07, 6.45) is 3.30. The molecule has 1 heterocycles. The molecule has 4 aromatic rings. The lowest BCUT2D eigenvalue weighted by atomic mass is 9.92. The number of hydrogen-bond acceptors (Lipinski definition) is 7. The van der Waals surface area contributed by atoms with Crippen LogP contribution in [-0.4, -0.2) is 48.5 Å². The molecule has 1 aromatic heterocycles. The van der Waals surface area contributed by atoms with Crippen LogP contribution in [0.25, 0.3) is 22.0 Å². The number of alkyl halides is 1. The van der Waals surface area contributed by atoms with Crippen molar-refractivity contribution in [2.24, 2.45) is 0 Å². The van der Waals surface area contributed by atoms with Crippen molar-refractivity contribution in [1.82, 2.24) is 4.98 Å². The van der Waals surface area contributed by atoms with Crippen LogP contribution in [-0.2, 0) is 45.7 Å². The van der Waals surface area contributed by atoms with Gasteiger partial charge in [-0.1, -0.05) is 49.4 Å². The van der Waals surface area contributed by atoms with Gasteiger partial charge in [-0.05, 0) is 60.9 Å². The number of benzene rings is 3. The Morgan fingerprint density at radius 3 is 2.05 bits per heavy atom. The van der Waals surface area contributed by atoms with Crippen LogP contribution in [0.15, 0.2) is 83.9 Å². The molecule has 218 valence electrons. The van der Waals surface area contributed by atoms with Gasteiger partial charge in [0.05, 0.1) is 20.9 Å². The Bertz CT molecular complexity index is 1950. The van der Waals surface area contributed by atoms with Crippen molar-refractivity contribution in [2.75, 3.05) is 18.3 Å². The predicted octanol–water partition coefficient (Wildman–Crippen LogP) is 5.38. The van der Waals surface area contributed by atoms with Crippen LogP contribution in [0.2, 0.25) is 0 Å². The van der Waals surface area contributed by atoms with E-state index in [9.17, 15) is 25.3 Å². The van der Waals surface area contributed by atoms with Gasteiger partial charge in [0.25, 0.3) is 0 Å². The van der Waals surface area contributed by atoms with E-state index in [4.69, 9.17) is 0 Å².